The van der Waals surface area contributed by atoms with Gasteiger partial charge in [0.25, 0.3) is 0 Å². The van der Waals surface area contributed by atoms with Crippen LogP contribution in [0.1, 0.15) is 44.1 Å². The minimum atomic E-state index is -0.0933. The van der Waals surface area contributed by atoms with Crippen LogP contribution in [0, 0.1) is 5.82 Å². The SMILES string of the molecule is Fc1ccc2c(c1)C1(CCN(C3CC4CCC(C3)N4)CC1)CN2. The summed E-state index contributed by atoms with van der Waals surface area (Å²) in [5.41, 5.74) is 2.54. The van der Waals surface area contributed by atoms with Crippen molar-refractivity contribution < 1.29 is 4.39 Å². The van der Waals surface area contributed by atoms with E-state index in [2.05, 4.69) is 15.5 Å². The summed E-state index contributed by atoms with van der Waals surface area (Å²) in [6.07, 6.45) is 7.72. The Morgan fingerprint density at radius 2 is 1.83 bits per heavy atom. The topological polar surface area (TPSA) is 27.3 Å². The molecular weight excluding hydrogens is 289 g/mol. The third kappa shape index (κ3) is 2.30. The fraction of sp³-hybridized carbons (Fsp3) is 0.684. The largest absolute Gasteiger partial charge is 0.384 e. The van der Waals surface area contributed by atoms with Gasteiger partial charge >= 0.3 is 0 Å². The third-order valence-corrected chi connectivity index (χ3v) is 6.89. The molecule has 4 heteroatoms. The van der Waals surface area contributed by atoms with E-state index in [0.29, 0.717) is 0 Å². The maximum absolute atomic E-state index is 13.7. The van der Waals surface area contributed by atoms with Crippen molar-refractivity contribution in [2.24, 2.45) is 0 Å². The molecule has 1 spiro atoms. The first-order valence-corrected chi connectivity index (χ1v) is 9.26. The maximum Gasteiger partial charge on any atom is 0.123 e. The molecule has 0 amide bonds. The molecule has 4 aliphatic rings. The first-order chi connectivity index (χ1) is 11.2. The second-order valence-corrected chi connectivity index (χ2v) is 8.12. The third-order valence-electron chi connectivity index (χ3n) is 6.89. The predicted octanol–water partition coefficient (Wildman–Crippen LogP) is 2.87. The highest BCUT2D eigenvalue weighted by Crippen LogP contribution is 2.45. The zero-order valence-corrected chi connectivity index (χ0v) is 13.7. The minimum Gasteiger partial charge on any atom is -0.384 e. The molecule has 1 aromatic rings. The van der Waals surface area contributed by atoms with E-state index in [1.54, 1.807) is 12.1 Å². The lowest BCUT2D eigenvalue weighted by molar-refractivity contribution is 0.0897. The van der Waals surface area contributed by atoms with E-state index in [0.717, 1.165) is 43.2 Å². The summed E-state index contributed by atoms with van der Waals surface area (Å²) in [7, 11) is 0. The van der Waals surface area contributed by atoms with Gasteiger partial charge in [0, 0.05) is 35.8 Å². The summed E-state index contributed by atoms with van der Waals surface area (Å²) in [4.78, 5) is 2.73. The summed E-state index contributed by atoms with van der Waals surface area (Å²) in [6, 6.07) is 7.55. The van der Waals surface area contributed by atoms with Crippen molar-refractivity contribution in [1.29, 1.82) is 0 Å². The van der Waals surface area contributed by atoms with E-state index in [9.17, 15) is 4.39 Å². The smallest absolute Gasteiger partial charge is 0.123 e. The van der Waals surface area contributed by atoms with Crippen molar-refractivity contribution in [2.75, 3.05) is 25.0 Å². The fourth-order valence-electron chi connectivity index (χ4n) is 5.56. The van der Waals surface area contributed by atoms with Crippen LogP contribution in [0.25, 0.3) is 0 Å². The number of anilines is 1. The molecule has 2 N–H and O–H groups in total. The predicted molar refractivity (Wildman–Crippen MR) is 90.3 cm³/mol. The van der Waals surface area contributed by atoms with Crippen LogP contribution in [0.4, 0.5) is 10.1 Å². The zero-order valence-electron chi connectivity index (χ0n) is 13.7. The highest BCUT2D eigenvalue weighted by Gasteiger charge is 2.44. The fourth-order valence-corrected chi connectivity index (χ4v) is 5.56. The van der Waals surface area contributed by atoms with E-state index >= 15 is 0 Å². The van der Waals surface area contributed by atoms with Gasteiger partial charge in [-0.2, -0.15) is 0 Å². The number of hydrogen-bond acceptors (Lipinski definition) is 3. The summed E-state index contributed by atoms with van der Waals surface area (Å²) in [6.45, 7) is 3.32. The van der Waals surface area contributed by atoms with Gasteiger partial charge < -0.3 is 15.5 Å². The van der Waals surface area contributed by atoms with Crippen LogP contribution in [0.2, 0.25) is 0 Å². The number of piperidine rings is 2. The zero-order chi connectivity index (χ0) is 15.4. The highest BCUT2D eigenvalue weighted by molar-refractivity contribution is 5.60. The normalized spacial score (nSPS) is 35.3. The molecule has 4 aliphatic heterocycles. The molecular formula is C19H26FN3. The van der Waals surface area contributed by atoms with Gasteiger partial charge in [0.1, 0.15) is 5.82 Å². The number of fused-ring (bicyclic) bond motifs is 4. The highest BCUT2D eigenvalue weighted by atomic mass is 19.1. The van der Waals surface area contributed by atoms with Crippen LogP contribution in [0.15, 0.2) is 18.2 Å². The van der Waals surface area contributed by atoms with Crippen molar-refractivity contribution in [3.05, 3.63) is 29.6 Å². The molecule has 0 radical (unpaired) electrons. The van der Waals surface area contributed by atoms with Crippen LogP contribution in [-0.4, -0.2) is 42.7 Å². The molecule has 0 aliphatic carbocycles. The van der Waals surface area contributed by atoms with Gasteiger partial charge in [-0.1, -0.05) is 0 Å². The first-order valence-electron chi connectivity index (χ1n) is 9.26. The van der Waals surface area contributed by atoms with E-state index in [1.165, 1.54) is 44.3 Å². The van der Waals surface area contributed by atoms with Crippen molar-refractivity contribution in [1.82, 2.24) is 10.2 Å². The minimum absolute atomic E-state index is 0.0933. The Balaban J connectivity index is 1.31. The molecule has 3 fully saturated rings. The summed E-state index contributed by atoms with van der Waals surface area (Å²) in [5.74, 6) is -0.0933. The van der Waals surface area contributed by atoms with Gasteiger partial charge in [-0.15, -0.1) is 0 Å². The Labute approximate surface area is 137 Å². The Morgan fingerprint density at radius 1 is 1.09 bits per heavy atom. The summed E-state index contributed by atoms with van der Waals surface area (Å²) >= 11 is 0. The average Bonchev–Trinajstić information content (AvgIpc) is 3.09. The van der Waals surface area contributed by atoms with Gasteiger partial charge in [-0.3, -0.25) is 0 Å². The number of benzene rings is 1. The van der Waals surface area contributed by atoms with Crippen molar-refractivity contribution in [3.8, 4) is 0 Å². The van der Waals surface area contributed by atoms with E-state index < -0.39 is 0 Å². The van der Waals surface area contributed by atoms with Crippen LogP contribution < -0.4 is 10.6 Å². The van der Waals surface area contributed by atoms with Gasteiger partial charge in [0.05, 0.1) is 0 Å². The molecule has 2 atom stereocenters. The van der Waals surface area contributed by atoms with Crippen LogP contribution >= 0.6 is 0 Å². The van der Waals surface area contributed by atoms with Crippen molar-refractivity contribution >= 4 is 5.69 Å². The Hall–Kier alpha value is -1.13. The number of nitrogens with one attached hydrogen (secondary N) is 2. The maximum atomic E-state index is 13.7. The second kappa shape index (κ2) is 5.18. The molecule has 124 valence electrons. The quantitative estimate of drug-likeness (QED) is 0.834. The first kappa shape index (κ1) is 14.2. The second-order valence-electron chi connectivity index (χ2n) is 8.12. The molecule has 23 heavy (non-hydrogen) atoms. The number of rotatable bonds is 1. The molecule has 0 saturated carbocycles. The molecule has 2 bridgehead atoms. The summed E-state index contributed by atoms with van der Waals surface area (Å²) < 4.78 is 13.7. The monoisotopic (exact) mass is 315 g/mol. The van der Waals surface area contributed by atoms with E-state index in [4.69, 9.17) is 0 Å². The van der Waals surface area contributed by atoms with Gasteiger partial charge in [0.2, 0.25) is 0 Å². The molecule has 1 aromatic carbocycles. The molecule has 0 aromatic heterocycles. The number of hydrogen-bond donors (Lipinski definition) is 2. The standard InChI is InChI=1S/C19H26FN3/c20-13-1-4-18-17(9-13)19(12-21-18)5-7-23(8-6-19)16-10-14-2-3-15(11-16)22-14/h1,4,9,14-16,21-22H,2-3,5-8,10-12H2. The van der Waals surface area contributed by atoms with E-state index in [1.807, 2.05) is 6.07 Å². The van der Waals surface area contributed by atoms with Gasteiger partial charge in [-0.05, 0) is 75.4 Å². The van der Waals surface area contributed by atoms with E-state index in [-0.39, 0.29) is 11.2 Å². The number of halogens is 1. The van der Waals surface area contributed by atoms with Crippen LogP contribution in [0.5, 0.6) is 0 Å². The lowest BCUT2D eigenvalue weighted by Gasteiger charge is -2.45. The molecule has 3 saturated heterocycles. The number of likely N-dealkylation sites (tertiary alicyclic amines) is 1. The Bertz CT molecular complexity index is 597. The van der Waals surface area contributed by atoms with Gasteiger partial charge in [0.15, 0.2) is 0 Å². The summed E-state index contributed by atoms with van der Waals surface area (Å²) in [5, 5.41) is 7.26. The lowest BCUT2D eigenvalue weighted by Crippen LogP contribution is -2.53. The Morgan fingerprint density at radius 3 is 2.57 bits per heavy atom. The molecule has 3 nitrogen and oxygen atoms in total. The van der Waals surface area contributed by atoms with Crippen LogP contribution in [0.3, 0.4) is 0 Å². The average molecular weight is 315 g/mol. The van der Waals surface area contributed by atoms with Crippen molar-refractivity contribution in [3.63, 3.8) is 0 Å². The molecule has 2 unspecified atom stereocenters. The molecule has 5 rings (SSSR count). The lowest BCUT2D eigenvalue weighted by atomic mass is 9.74. The van der Waals surface area contributed by atoms with Gasteiger partial charge in [-0.25, -0.2) is 4.39 Å². The number of nitrogens with zero attached hydrogens (tertiary/aromatic N) is 1. The van der Waals surface area contributed by atoms with Crippen molar-refractivity contribution in [2.45, 2.75) is 62.1 Å². The Kier molecular flexibility index (Phi) is 3.21. The van der Waals surface area contributed by atoms with Crippen LogP contribution in [-0.2, 0) is 5.41 Å². The molecule has 4 heterocycles.